The number of carbonyl (C=O) groups excluding carboxylic acids is 1. The van der Waals surface area contributed by atoms with Crippen molar-refractivity contribution in [3.8, 4) is 22.8 Å². The van der Waals surface area contributed by atoms with Gasteiger partial charge in [0.05, 0.1) is 19.9 Å². The second kappa shape index (κ2) is 8.18. The molecule has 7 heteroatoms. The lowest BCUT2D eigenvalue weighted by Crippen LogP contribution is -2.29. The fraction of sp³-hybridized carbons (Fsp3) is 0.150. The van der Waals surface area contributed by atoms with Crippen LogP contribution in [0, 0.1) is 0 Å². The van der Waals surface area contributed by atoms with E-state index < -0.39 is 0 Å². The number of aromatic nitrogens is 2. The molecule has 7 nitrogen and oxygen atoms in total. The highest BCUT2D eigenvalue weighted by Gasteiger charge is 2.12. The highest BCUT2D eigenvalue weighted by molar-refractivity contribution is 5.90. The Kier molecular flexibility index (Phi) is 5.51. The Balaban J connectivity index is 1.89. The third-order valence-corrected chi connectivity index (χ3v) is 3.90. The molecule has 138 valence electrons. The van der Waals surface area contributed by atoms with Crippen LogP contribution in [0.25, 0.3) is 11.3 Å². The second-order valence-corrected chi connectivity index (χ2v) is 5.69. The average molecular weight is 365 g/mol. The Labute approximate surface area is 156 Å². The van der Waals surface area contributed by atoms with Crippen LogP contribution in [0.15, 0.2) is 65.5 Å². The highest BCUT2D eigenvalue weighted by atomic mass is 16.5. The molecule has 3 aromatic rings. The molecule has 0 saturated carbocycles. The van der Waals surface area contributed by atoms with Crippen LogP contribution in [-0.2, 0) is 11.3 Å². The Morgan fingerprint density at radius 3 is 2.52 bits per heavy atom. The van der Waals surface area contributed by atoms with Crippen LogP contribution >= 0.6 is 0 Å². The molecule has 1 amide bonds. The molecule has 0 spiro atoms. The van der Waals surface area contributed by atoms with Gasteiger partial charge < -0.3 is 14.8 Å². The van der Waals surface area contributed by atoms with Gasteiger partial charge in [-0.25, -0.2) is 4.68 Å². The van der Waals surface area contributed by atoms with E-state index in [1.165, 1.54) is 6.07 Å². The Hall–Kier alpha value is -3.61. The van der Waals surface area contributed by atoms with Gasteiger partial charge in [-0.2, -0.15) is 5.10 Å². The highest BCUT2D eigenvalue weighted by Crippen LogP contribution is 2.31. The summed E-state index contributed by atoms with van der Waals surface area (Å²) < 4.78 is 11.7. The van der Waals surface area contributed by atoms with Gasteiger partial charge in [-0.15, -0.1) is 0 Å². The fourth-order valence-corrected chi connectivity index (χ4v) is 2.58. The van der Waals surface area contributed by atoms with Crippen molar-refractivity contribution < 1.29 is 14.3 Å². The van der Waals surface area contributed by atoms with E-state index in [4.69, 9.17) is 9.47 Å². The molecule has 0 aliphatic carbocycles. The number of benzene rings is 2. The maximum atomic E-state index is 12.2. The van der Waals surface area contributed by atoms with E-state index >= 15 is 0 Å². The first kappa shape index (κ1) is 18.2. The van der Waals surface area contributed by atoms with E-state index in [9.17, 15) is 9.59 Å². The lowest BCUT2D eigenvalue weighted by molar-refractivity contribution is -0.117. The summed E-state index contributed by atoms with van der Waals surface area (Å²) in [7, 11) is 3.11. The number of hydrogen-bond donors (Lipinski definition) is 1. The first-order valence-corrected chi connectivity index (χ1v) is 8.26. The lowest BCUT2D eigenvalue weighted by atomic mass is 10.1. The molecule has 0 atom stereocenters. The molecular weight excluding hydrogens is 346 g/mol. The van der Waals surface area contributed by atoms with Gasteiger partial charge in [0, 0.05) is 17.3 Å². The number of rotatable bonds is 6. The van der Waals surface area contributed by atoms with Crippen molar-refractivity contribution in [2.45, 2.75) is 6.54 Å². The minimum atomic E-state index is -0.371. The van der Waals surface area contributed by atoms with Gasteiger partial charge in [0.15, 0.2) is 0 Å². The number of methoxy groups -OCH3 is 2. The number of carbonyl (C=O) groups is 1. The molecule has 1 aromatic heterocycles. The van der Waals surface area contributed by atoms with Crippen molar-refractivity contribution in [3.63, 3.8) is 0 Å². The first-order valence-electron chi connectivity index (χ1n) is 8.26. The topological polar surface area (TPSA) is 82.5 Å². The summed E-state index contributed by atoms with van der Waals surface area (Å²) in [5, 5.41) is 7.05. The van der Waals surface area contributed by atoms with Crippen molar-refractivity contribution in [1.82, 2.24) is 9.78 Å². The third-order valence-electron chi connectivity index (χ3n) is 3.90. The fourth-order valence-electron chi connectivity index (χ4n) is 2.58. The zero-order chi connectivity index (χ0) is 19.2. The summed E-state index contributed by atoms with van der Waals surface area (Å²) in [5.74, 6) is 0.875. The molecule has 0 aliphatic rings. The van der Waals surface area contributed by atoms with Crippen LogP contribution in [0.4, 0.5) is 5.69 Å². The summed E-state index contributed by atoms with van der Waals surface area (Å²) in [6.45, 7) is -0.201. The quantitative estimate of drug-likeness (QED) is 0.726. The maximum Gasteiger partial charge on any atom is 0.267 e. The van der Waals surface area contributed by atoms with E-state index in [1.807, 2.05) is 18.2 Å². The monoisotopic (exact) mass is 365 g/mol. The molecule has 1 heterocycles. The van der Waals surface area contributed by atoms with E-state index in [0.717, 1.165) is 4.68 Å². The van der Waals surface area contributed by atoms with Crippen LogP contribution in [-0.4, -0.2) is 29.9 Å². The Morgan fingerprint density at radius 2 is 1.81 bits per heavy atom. The van der Waals surface area contributed by atoms with Gasteiger partial charge in [-0.1, -0.05) is 18.2 Å². The number of anilines is 1. The lowest BCUT2D eigenvalue weighted by Gasteiger charge is -2.12. The average Bonchev–Trinajstić information content (AvgIpc) is 2.70. The van der Waals surface area contributed by atoms with E-state index in [1.54, 1.807) is 50.6 Å². The zero-order valence-corrected chi connectivity index (χ0v) is 15.0. The summed E-state index contributed by atoms with van der Waals surface area (Å²) in [6.07, 6.45) is 0. The van der Waals surface area contributed by atoms with Crippen molar-refractivity contribution in [2.24, 2.45) is 0 Å². The van der Waals surface area contributed by atoms with Crippen LogP contribution in [0.2, 0.25) is 0 Å². The molecule has 1 N–H and O–H groups in total. The molecule has 0 aliphatic heterocycles. The Bertz CT molecular complexity index is 1000. The van der Waals surface area contributed by atoms with Gasteiger partial charge in [-0.05, 0) is 36.4 Å². The normalized spacial score (nSPS) is 10.3. The van der Waals surface area contributed by atoms with Crippen LogP contribution in [0.3, 0.4) is 0 Å². The molecule has 3 rings (SSSR count). The van der Waals surface area contributed by atoms with Crippen molar-refractivity contribution >= 4 is 11.6 Å². The molecule has 0 bridgehead atoms. The van der Waals surface area contributed by atoms with E-state index in [-0.39, 0.29) is 18.0 Å². The summed E-state index contributed by atoms with van der Waals surface area (Å²) in [4.78, 5) is 24.4. The maximum absolute atomic E-state index is 12.2. The van der Waals surface area contributed by atoms with Crippen molar-refractivity contribution in [1.29, 1.82) is 0 Å². The predicted octanol–water partition coefficient (Wildman–Crippen LogP) is 2.57. The number of amides is 1. The molecular formula is C20H19N3O4. The summed E-state index contributed by atoms with van der Waals surface area (Å²) in [6, 6.07) is 17.3. The molecule has 27 heavy (non-hydrogen) atoms. The third kappa shape index (κ3) is 4.33. The van der Waals surface area contributed by atoms with Gasteiger partial charge in [-0.3, -0.25) is 9.59 Å². The van der Waals surface area contributed by atoms with Crippen molar-refractivity contribution in [2.75, 3.05) is 19.5 Å². The second-order valence-electron chi connectivity index (χ2n) is 5.69. The minimum absolute atomic E-state index is 0.201. The number of para-hydroxylation sites is 1. The summed E-state index contributed by atoms with van der Waals surface area (Å²) >= 11 is 0. The first-order chi connectivity index (χ1) is 13.1. The van der Waals surface area contributed by atoms with Gasteiger partial charge in [0.2, 0.25) is 5.91 Å². The van der Waals surface area contributed by atoms with E-state index in [0.29, 0.717) is 28.4 Å². The molecule has 0 radical (unpaired) electrons. The smallest absolute Gasteiger partial charge is 0.267 e. The van der Waals surface area contributed by atoms with Gasteiger partial charge in [0.25, 0.3) is 5.56 Å². The number of nitrogens with zero attached hydrogens (tertiary/aromatic N) is 2. The molecule has 0 unspecified atom stereocenters. The molecule has 0 saturated heterocycles. The predicted molar refractivity (Wildman–Crippen MR) is 102 cm³/mol. The number of nitrogens with one attached hydrogen (secondary N) is 1. The molecule has 0 fully saturated rings. The SMILES string of the molecule is COc1ccc(OC)c(-c2ccc(=O)n(CC(=O)Nc3ccccc3)n2)c1. The number of hydrogen-bond acceptors (Lipinski definition) is 5. The van der Waals surface area contributed by atoms with E-state index in [2.05, 4.69) is 10.4 Å². The largest absolute Gasteiger partial charge is 0.497 e. The number of ether oxygens (including phenoxy) is 2. The van der Waals surface area contributed by atoms with Gasteiger partial charge in [0.1, 0.15) is 18.0 Å². The van der Waals surface area contributed by atoms with Crippen LogP contribution in [0.1, 0.15) is 0 Å². The Morgan fingerprint density at radius 1 is 1.04 bits per heavy atom. The summed E-state index contributed by atoms with van der Waals surface area (Å²) in [5.41, 5.74) is 1.44. The molecule has 2 aromatic carbocycles. The van der Waals surface area contributed by atoms with Crippen molar-refractivity contribution in [3.05, 3.63) is 71.0 Å². The van der Waals surface area contributed by atoms with Gasteiger partial charge >= 0.3 is 0 Å². The zero-order valence-electron chi connectivity index (χ0n) is 15.0. The standard InChI is InChI=1S/C20H19N3O4/c1-26-15-8-10-18(27-2)16(12-15)17-9-11-20(25)23(22-17)13-19(24)21-14-6-4-3-5-7-14/h3-12H,13H2,1-2H3,(H,21,24). The van der Waals surface area contributed by atoms with Crippen LogP contribution < -0.4 is 20.3 Å². The van der Waals surface area contributed by atoms with Crippen LogP contribution in [0.5, 0.6) is 11.5 Å². The minimum Gasteiger partial charge on any atom is -0.497 e.